The summed E-state index contributed by atoms with van der Waals surface area (Å²) in [6, 6.07) is 16.1. The zero-order chi connectivity index (χ0) is 31.0. The topological polar surface area (TPSA) is 130 Å². The first-order valence-electron chi connectivity index (χ1n) is 14.4. The van der Waals surface area contributed by atoms with Crippen LogP contribution in [0, 0.1) is 11.3 Å². The second-order valence-electron chi connectivity index (χ2n) is 11.4. The van der Waals surface area contributed by atoms with E-state index in [1.165, 1.54) is 12.7 Å². The molecule has 0 bridgehead atoms. The molecule has 1 aliphatic heterocycles. The number of hydrogen-bond acceptors (Lipinski definition) is 11. The van der Waals surface area contributed by atoms with Crippen LogP contribution in [0.5, 0.6) is 0 Å². The highest BCUT2D eigenvalue weighted by molar-refractivity contribution is 6.00. The summed E-state index contributed by atoms with van der Waals surface area (Å²) in [5.74, 6) is 0.113. The number of carbonyl (C=O) groups is 3. The standard InChI is InChI=1S/C32H39N3O8/c1-21(2)18-23-6-12-26(13-7-23)28-33-27(34-43-28)25-10-8-24(9-11-25)19-35-16-14-32(15-17-35,29(36)39-5)30(37)40-20-41-31(38)42-22(3)4/h6-13,21-22H,14-20H2,1-5H3. The van der Waals surface area contributed by atoms with Crippen molar-refractivity contribution in [2.45, 2.75) is 59.6 Å². The number of nitrogens with zero attached hydrogens (tertiary/aromatic N) is 3. The summed E-state index contributed by atoms with van der Waals surface area (Å²) < 4.78 is 25.2. The molecular formula is C32H39N3O8. The molecule has 3 aromatic rings. The van der Waals surface area contributed by atoms with Gasteiger partial charge in [0.1, 0.15) is 0 Å². The highest BCUT2D eigenvalue weighted by Gasteiger charge is 2.50. The maximum Gasteiger partial charge on any atom is 0.511 e. The van der Waals surface area contributed by atoms with Crippen molar-refractivity contribution in [3.05, 3.63) is 59.7 Å². The SMILES string of the molecule is COC(=O)C1(C(=O)OCOC(=O)OC(C)C)CCN(Cc2ccc(-c3noc(-c4ccc(CC(C)C)cc4)n3)cc2)CC1. The molecule has 2 aromatic carbocycles. The molecule has 11 heteroatoms. The largest absolute Gasteiger partial charge is 0.511 e. The van der Waals surface area contributed by atoms with Crippen molar-refractivity contribution in [1.29, 1.82) is 0 Å². The fourth-order valence-electron chi connectivity index (χ4n) is 5.01. The molecule has 0 spiro atoms. The fourth-order valence-corrected chi connectivity index (χ4v) is 5.01. The number of likely N-dealkylation sites (tertiary alicyclic amines) is 1. The van der Waals surface area contributed by atoms with Crippen molar-refractivity contribution in [3.63, 3.8) is 0 Å². The minimum Gasteiger partial charge on any atom is -0.468 e. The van der Waals surface area contributed by atoms with Gasteiger partial charge in [0.05, 0.1) is 13.2 Å². The summed E-state index contributed by atoms with van der Waals surface area (Å²) in [4.78, 5) is 43.9. The third-order valence-corrected chi connectivity index (χ3v) is 7.26. The van der Waals surface area contributed by atoms with E-state index in [1.807, 2.05) is 36.4 Å². The van der Waals surface area contributed by atoms with E-state index in [0.29, 0.717) is 37.3 Å². The van der Waals surface area contributed by atoms with Gasteiger partial charge in [-0.1, -0.05) is 55.4 Å². The monoisotopic (exact) mass is 593 g/mol. The molecule has 1 aromatic heterocycles. The van der Waals surface area contributed by atoms with Gasteiger partial charge in [0.2, 0.25) is 12.6 Å². The van der Waals surface area contributed by atoms with Gasteiger partial charge < -0.3 is 23.5 Å². The van der Waals surface area contributed by atoms with Crippen LogP contribution in [0.2, 0.25) is 0 Å². The Balaban J connectivity index is 1.32. The zero-order valence-electron chi connectivity index (χ0n) is 25.3. The van der Waals surface area contributed by atoms with Gasteiger partial charge >= 0.3 is 18.1 Å². The van der Waals surface area contributed by atoms with Crippen LogP contribution in [-0.2, 0) is 41.5 Å². The number of piperidine rings is 1. The third-order valence-electron chi connectivity index (χ3n) is 7.26. The summed E-state index contributed by atoms with van der Waals surface area (Å²) in [7, 11) is 1.23. The first-order chi connectivity index (χ1) is 20.6. The van der Waals surface area contributed by atoms with Crippen LogP contribution in [-0.4, -0.2) is 66.2 Å². The highest BCUT2D eigenvalue weighted by atomic mass is 16.8. The molecule has 230 valence electrons. The van der Waals surface area contributed by atoms with Crippen LogP contribution in [0.3, 0.4) is 0 Å². The molecule has 0 amide bonds. The number of ether oxygens (including phenoxy) is 4. The first-order valence-corrected chi connectivity index (χ1v) is 14.4. The van der Waals surface area contributed by atoms with E-state index in [9.17, 15) is 14.4 Å². The van der Waals surface area contributed by atoms with Gasteiger partial charge in [0.25, 0.3) is 5.89 Å². The summed E-state index contributed by atoms with van der Waals surface area (Å²) in [6.07, 6.45) is 0.0988. The highest BCUT2D eigenvalue weighted by Crippen LogP contribution is 2.35. The number of esters is 2. The lowest BCUT2D eigenvalue weighted by Gasteiger charge is -2.37. The number of carbonyl (C=O) groups excluding carboxylic acids is 3. The Morgan fingerprint density at radius 3 is 2.12 bits per heavy atom. The average molecular weight is 594 g/mol. The molecule has 43 heavy (non-hydrogen) atoms. The van der Waals surface area contributed by atoms with Crippen molar-refractivity contribution in [1.82, 2.24) is 15.0 Å². The van der Waals surface area contributed by atoms with E-state index in [-0.39, 0.29) is 18.9 Å². The second kappa shape index (κ2) is 14.3. The minimum atomic E-state index is -1.47. The van der Waals surface area contributed by atoms with E-state index in [2.05, 4.69) is 41.0 Å². The van der Waals surface area contributed by atoms with E-state index in [0.717, 1.165) is 23.1 Å². The van der Waals surface area contributed by atoms with Gasteiger partial charge in [0, 0.05) is 30.8 Å². The van der Waals surface area contributed by atoms with Gasteiger partial charge in [-0.3, -0.25) is 14.5 Å². The van der Waals surface area contributed by atoms with Crippen molar-refractivity contribution >= 4 is 18.1 Å². The summed E-state index contributed by atoms with van der Waals surface area (Å²) in [5.41, 5.74) is 2.57. The lowest BCUT2D eigenvalue weighted by molar-refractivity contribution is -0.180. The fraction of sp³-hybridized carbons (Fsp3) is 0.469. The predicted octanol–water partition coefficient (Wildman–Crippen LogP) is 5.42. The average Bonchev–Trinajstić information content (AvgIpc) is 3.48. The maximum absolute atomic E-state index is 12.9. The van der Waals surface area contributed by atoms with Gasteiger partial charge in [-0.05, 0) is 62.3 Å². The second-order valence-corrected chi connectivity index (χ2v) is 11.4. The Hall–Kier alpha value is -4.25. The number of methoxy groups -OCH3 is 1. The quantitative estimate of drug-likeness (QED) is 0.122. The number of aromatic nitrogens is 2. The van der Waals surface area contributed by atoms with Crippen LogP contribution in [0.25, 0.3) is 22.8 Å². The first kappa shape index (κ1) is 31.7. The van der Waals surface area contributed by atoms with Gasteiger partial charge in [-0.25, -0.2) is 4.79 Å². The van der Waals surface area contributed by atoms with Crippen LogP contribution in [0.4, 0.5) is 4.79 Å². The van der Waals surface area contributed by atoms with Gasteiger partial charge in [0.15, 0.2) is 5.41 Å². The van der Waals surface area contributed by atoms with Crippen LogP contribution in [0.15, 0.2) is 53.1 Å². The number of hydrogen-bond donors (Lipinski definition) is 0. The summed E-state index contributed by atoms with van der Waals surface area (Å²) in [5, 5.41) is 4.16. The molecule has 2 heterocycles. The summed E-state index contributed by atoms with van der Waals surface area (Å²) in [6.45, 7) is 8.63. The van der Waals surface area contributed by atoms with E-state index < -0.39 is 30.3 Å². The number of benzene rings is 2. The minimum absolute atomic E-state index is 0.205. The molecule has 1 fully saturated rings. The van der Waals surface area contributed by atoms with Crippen molar-refractivity contribution in [3.8, 4) is 22.8 Å². The number of rotatable bonds is 11. The molecule has 0 unspecified atom stereocenters. The lowest BCUT2D eigenvalue weighted by atomic mass is 9.78. The third kappa shape index (κ3) is 8.19. The van der Waals surface area contributed by atoms with E-state index >= 15 is 0 Å². The van der Waals surface area contributed by atoms with Gasteiger partial charge in [-0.15, -0.1) is 0 Å². The summed E-state index contributed by atoms with van der Waals surface area (Å²) >= 11 is 0. The van der Waals surface area contributed by atoms with E-state index in [4.69, 9.17) is 23.5 Å². The van der Waals surface area contributed by atoms with Crippen LogP contribution in [0.1, 0.15) is 51.7 Å². The Morgan fingerprint density at radius 1 is 0.884 bits per heavy atom. The van der Waals surface area contributed by atoms with Crippen molar-refractivity contribution in [2.75, 3.05) is 27.0 Å². The molecule has 0 saturated carbocycles. The Kier molecular flexibility index (Phi) is 10.5. The Bertz CT molecular complexity index is 1370. The molecular weight excluding hydrogens is 554 g/mol. The molecule has 1 saturated heterocycles. The molecule has 0 atom stereocenters. The Morgan fingerprint density at radius 2 is 1.51 bits per heavy atom. The van der Waals surface area contributed by atoms with Crippen molar-refractivity contribution in [2.24, 2.45) is 11.3 Å². The van der Waals surface area contributed by atoms with Crippen LogP contribution >= 0.6 is 0 Å². The molecule has 0 radical (unpaired) electrons. The predicted molar refractivity (Wildman–Crippen MR) is 156 cm³/mol. The normalized spacial score (nSPS) is 14.9. The zero-order valence-corrected chi connectivity index (χ0v) is 25.3. The molecule has 0 N–H and O–H groups in total. The lowest BCUT2D eigenvalue weighted by Crippen LogP contribution is -2.50. The molecule has 0 aliphatic carbocycles. The van der Waals surface area contributed by atoms with Gasteiger partial charge in [-0.2, -0.15) is 4.98 Å². The van der Waals surface area contributed by atoms with Crippen LogP contribution < -0.4 is 0 Å². The van der Waals surface area contributed by atoms with E-state index in [1.54, 1.807) is 13.8 Å². The Labute approximate surface area is 251 Å². The maximum atomic E-state index is 12.9. The molecule has 11 nitrogen and oxygen atoms in total. The van der Waals surface area contributed by atoms with Crippen molar-refractivity contribution < 1.29 is 37.9 Å². The molecule has 4 rings (SSSR count). The smallest absolute Gasteiger partial charge is 0.468 e. The molecule has 1 aliphatic rings.